The third-order valence-corrected chi connectivity index (χ3v) is 4.36. The Balaban J connectivity index is 1.84. The summed E-state index contributed by atoms with van der Waals surface area (Å²) >= 11 is 0. The fourth-order valence-corrected chi connectivity index (χ4v) is 2.95. The molecule has 0 atom stereocenters. The van der Waals surface area contributed by atoms with Gasteiger partial charge >= 0.3 is 6.03 Å². The summed E-state index contributed by atoms with van der Waals surface area (Å²) in [6.45, 7) is 4.25. The van der Waals surface area contributed by atoms with E-state index < -0.39 is 0 Å². The Hall–Kier alpha value is -2.30. The highest BCUT2D eigenvalue weighted by Gasteiger charge is 2.30. The number of benzene rings is 1. The van der Waals surface area contributed by atoms with E-state index in [4.69, 9.17) is 0 Å². The minimum Gasteiger partial charge on any atom is -0.372 e. The van der Waals surface area contributed by atoms with E-state index in [9.17, 15) is 9.59 Å². The van der Waals surface area contributed by atoms with Crippen molar-refractivity contribution in [1.82, 2.24) is 10.2 Å². The number of urea groups is 1. The molecule has 0 saturated carbocycles. The van der Waals surface area contributed by atoms with Crippen LogP contribution >= 0.6 is 0 Å². The number of carbonyl (C=O) groups excluding carboxylic acids is 2. The molecule has 0 aromatic heterocycles. The lowest BCUT2D eigenvalue weighted by Crippen LogP contribution is -2.29. The summed E-state index contributed by atoms with van der Waals surface area (Å²) in [5.74, 6) is -0.287. The molecule has 0 radical (unpaired) electrons. The van der Waals surface area contributed by atoms with Gasteiger partial charge in [-0.25, -0.2) is 4.79 Å². The minimum absolute atomic E-state index is 0.287. The molecule has 0 aliphatic carbocycles. The predicted octanol–water partition coefficient (Wildman–Crippen LogP) is 2.51. The minimum atomic E-state index is -0.376. The Morgan fingerprint density at radius 2 is 1.86 bits per heavy atom. The molecule has 1 aromatic carbocycles. The van der Waals surface area contributed by atoms with Gasteiger partial charge in [-0.1, -0.05) is 6.07 Å². The quantitative estimate of drug-likeness (QED) is 0.674. The zero-order chi connectivity index (χ0) is 15.7. The molecule has 22 heavy (non-hydrogen) atoms. The van der Waals surface area contributed by atoms with Crippen molar-refractivity contribution >= 4 is 23.7 Å². The molecule has 2 aliphatic heterocycles. The number of piperidine rings is 1. The number of rotatable bonds is 2. The van der Waals surface area contributed by atoms with Gasteiger partial charge in [0.2, 0.25) is 0 Å². The van der Waals surface area contributed by atoms with E-state index in [1.165, 1.54) is 32.0 Å². The van der Waals surface area contributed by atoms with Crippen molar-refractivity contribution in [3.05, 3.63) is 35.0 Å². The van der Waals surface area contributed by atoms with E-state index in [1.54, 1.807) is 6.08 Å². The van der Waals surface area contributed by atoms with Crippen molar-refractivity contribution in [1.29, 1.82) is 0 Å². The first-order valence-electron chi connectivity index (χ1n) is 7.72. The van der Waals surface area contributed by atoms with Crippen LogP contribution in [0.25, 0.3) is 6.08 Å². The van der Waals surface area contributed by atoms with Gasteiger partial charge in [0.05, 0.1) is 0 Å². The topological polar surface area (TPSA) is 52.7 Å². The lowest BCUT2D eigenvalue weighted by atomic mass is 10.0. The lowest BCUT2D eigenvalue weighted by Gasteiger charge is -2.29. The first-order valence-corrected chi connectivity index (χ1v) is 7.72. The first-order chi connectivity index (χ1) is 10.6. The largest absolute Gasteiger partial charge is 0.372 e. The fourth-order valence-electron chi connectivity index (χ4n) is 2.95. The number of likely N-dealkylation sites (N-methyl/N-ethyl adjacent to an activating group) is 1. The smallest absolute Gasteiger partial charge is 0.328 e. The van der Waals surface area contributed by atoms with Crippen molar-refractivity contribution < 1.29 is 9.59 Å². The van der Waals surface area contributed by atoms with E-state index in [2.05, 4.69) is 22.3 Å². The van der Waals surface area contributed by atoms with Gasteiger partial charge < -0.3 is 10.2 Å². The fraction of sp³-hybridized carbons (Fsp3) is 0.412. The number of hydrogen-bond donors (Lipinski definition) is 1. The number of hydrogen-bond acceptors (Lipinski definition) is 3. The zero-order valence-corrected chi connectivity index (χ0v) is 13.1. The molecule has 2 saturated heterocycles. The Morgan fingerprint density at radius 1 is 1.14 bits per heavy atom. The molecule has 2 fully saturated rings. The monoisotopic (exact) mass is 299 g/mol. The van der Waals surface area contributed by atoms with Crippen molar-refractivity contribution in [3.8, 4) is 0 Å². The van der Waals surface area contributed by atoms with Crippen LogP contribution in [0.3, 0.4) is 0 Å². The van der Waals surface area contributed by atoms with Crippen LogP contribution < -0.4 is 10.2 Å². The van der Waals surface area contributed by atoms with Crippen LogP contribution in [0.15, 0.2) is 23.9 Å². The van der Waals surface area contributed by atoms with Crippen molar-refractivity contribution in [2.45, 2.75) is 26.2 Å². The van der Waals surface area contributed by atoms with E-state index >= 15 is 0 Å². The molecule has 1 aromatic rings. The van der Waals surface area contributed by atoms with Crippen LogP contribution in [0.1, 0.15) is 30.4 Å². The molecule has 3 amide bonds. The summed E-state index contributed by atoms with van der Waals surface area (Å²) in [6, 6.07) is 5.89. The summed E-state index contributed by atoms with van der Waals surface area (Å²) in [7, 11) is 1.48. The van der Waals surface area contributed by atoms with Gasteiger partial charge in [-0.3, -0.25) is 9.69 Å². The molecule has 0 unspecified atom stereocenters. The van der Waals surface area contributed by atoms with E-state index in [0.717, 1.165) is 29.1 Å². The molecule has 5 heteroatoms. The van der Waals surface area contributed by atoms with Gasteiger partial charge in [0.1, 0.15) is 5.70 Å². The second-order valence-electron chi connectivity index (χ2n) is 5.94. The lowest BCUT2D eigenvalue weighted by molar-refractivity contribution is -0.121. The van der Waals surface area contributed by atoms with Crippen molar-refractivity contribution in [3.63, 3.8) is 0 Å². The Labute approximate surface area is 130 Å². The third-order valence-electron chi connectivity index (χ3n) is 4.36. The average Bonchev–Trinajstić information content (AvgIpc) is 2.77. The van der Waals surface area contributed by atoms with Crippen LogP contribution in [0.2, 0.25) is 0 Å². The van der Waals surface area contributed by atoms with Gasteiger partial charge in [0, 0.05) is 25.8 Å². The van der Waals surface area contributed by atoms with Gasteiger partial charge in [0.25, 0.3) is 5.91 Å². The van der Waals surface area contributed by atoms with Crippen molar-refractivity contribution in [2.24, 2.45) is 0 Å². The maximum absolute atomic E-state index is 11.9. The van der Waals surface area contributed by atoms with Crippen molar-refractivity contribution in [2.75, 3.05) is 25.0 Å². The number of aryl methyl sites for hydroxylation is 1. The van der Waals surface area contributed by atoms with Gasteiger partial charge in [-0.2, -0.15) is 0 Å². The molecule has 5 nitrogen and oxygen atoms in total. The highest BCUT2D eigenvalue weighted by molar-refractivity contribution is 6.13. The Bertz CT molecular complexity index is 645. The third kappa shape index (κ3) is 2.71. The predicted molar refractivity (Wildman–Crippen MR) is 86.5 cm³/mol. The van der Waals surface area contributed by atoms with E-state index in [0.29, 0.717) is 5.70 Å². The van der Waals surface area contributed by atoms with E-state index in [-0.39, 0.29) is 11.9 Å². The van der Waals surface area contributed by atoms with Crippen LogP contribution in [-0.2, 0) is 4.79 Å². The maximum atomic E-state index is 11.9. The maximum Gasteiger partial charge on any atom is 0.328 e. The van der Waals surface area contributed by atoms with Gasteiger partial charge in [0.15, 0.2) is 0 Å². The summed E-state index contributed by atoms with van der Waals surface area (Å²) in [5.41, 5.74) is 3.63. The Kier molecular flexibility index (Phi) is 3.88. The number of nitrogens with one attached hydrogen (secondary N) is 1. The number of amides is 3. The van der Waals surface area contributed by atoms with Crippen LogP contribution in [0.4, 0.5) is 10.5 Å². The summed E-state index contributed by atoms with van der Waals surface area (Å²) in [6.07, 6.45) is 5.56. The molecular formula is C17H21N3O2. The molecule has 1 N–H and O–H groups in total. The molecule has 116 valence electrons. The second kappa shape index (κ2) is 5.83. The molecule has 2 aliphatic rings. The van der Waals surface area contributed by atoms with Gasteiger partial charge in [-0.15, -0.1) is 0 Å². The first kappa shape index (κ1) is 14.6. The number of carbonyl (C=O) groups is 2. The summed E-state index contributed by atoms with van der Waals surface area (Å²) < 4.78 is 0. The highest BCUT2D eigenvalue weighted by atomic mass is 16.2. The van der Waals surface area contributed by atoms with Gasteiger partial charge in [-0.05, 0) is 55.5 Å². The zero-order valence-electron chi connectivity index (χ0n) is 13.1. The Morgan fingerprint density at radius 3 is 2.45 bits per heavy atom. The summed E-state index contributed by atoms with van der Waals surface area (Å²) in [5, 5.41) is 2.60. The molecular weight excluding hydrogens is 278 g/mol. The normalized spacial score (nSPS) is 20.7. The molecule has 0 spiro atoms. The number of anilines is 1. The molecule has 3 rings (SSSR count). The second-order valence-corrected chi connectivity index (χ2v) is 5.94. The van der Waals surface area contributed by atoms with E-state index in [1.807, 2.05) is 13.0 Å². The van der Waals surface area contributed by atoms with Crippen LogP contribution in [0.5, 0.6) is 0 Å². The van der Waals surface area contributed by atoms with Crippen LogP contribution in [0, 0.1) is 6.92 Å². The average molecular weight is 299 g/mol. The number of nitrogens with zero attached hydrogens (tertiary/aromatic N) is 2. The van der Waals surface area contributed by atoms with Crippen LogP contribution in [-0.4, -0.2) is 37.0 Å². The summed E-state index contributed by atoms with van der Waals surface area (Å²) in [4.78, 5) is 26.9. The highest BCUT2D eigenvalue weighted by Crippen LogP contribution is 2.24. The standard InChI is InChI=1S/C17H21N3O2/c1-12-10-14(20-8-4-3-5-9-20)7-6-13(12)11-15-16(21)19(2)17(22)18-15/h6-7,10-11H,3-5,8-9H2,1-2H3,(H,18,22)/b15-11+. The SMILES string of the molecule is Cc1cc(N2CCCCC2)ccc1/C=C1/NC(=O)N(C)C1=O. The number of imide groups is 1. The molecule has 2 heterocycles. The molecule has 0 bridgehead atoms.